The van der Waals surface area contributed by atoms with Crippen LogP contribution in [0.2, 0.25) is 0 Å². The van der Waals surface area contributed by atoms with Gasteiger partial charge in [-0.15, -0.1) is 0 Å². The molecule has 0 aliphatic carbocycles. The molecule has 162 valence electrons. The fourth-order valence-electron chi connectivity index (χ4n) is 3.46. The lowest BCUT2D eigenvalue weighted by Gasteiger charge is -2.33. The Hall–Kier alpha value is -3.01. The summed E-state index contributed by atoms with van der Waals surface area (Å²) >= 11 is 0. The minimum atomic E-state index is -3.55. The number of piperazine rings is 1. The van der Waals surface area contributed by atoms with E-state index < -0.39 is 15.9 Å². The van der Waals surface area contributed by atoms with Gasteiger partial charge in [-0.3, -0.25) is 4.79 Å². The van der Waals surface area contributed by atoms with Crippen LogP contribution in [-0.2, 0) is 10.0 Å². The number of nitrogens with zero attached hydrogens (tertiary/aromatic N) is 3. The number of rotatable bonds is 6. The summed E-state index contributed by atoms with van der Waals surface area (Å²) in [5.74, 6) is 0.0626. The molecule has 1 N–H and O–H groups in total. The van der Waals surface area contributed by atoms with Crippen molar-refractivity contribution in [2.45, 2.75) is 11.8 Å². The van der Waals surface area contributed by atoms with Crippen LogP contribution in [0.3, 0.4) is 0 Å². The molecule has 2 heterocycles. The van der Waals surface area contributed by atoms with Gasteiger partial charge in [0.2, 0.25) is 10.0 Å². The summed E-state index contributed by atoms with van der Waals surface area (Å²) in [4.78, 5) is 14.9. The molecule has 1 amide bonds. The minimum Gasteiger partial charge on any atom is -0.355 e. The standard InChI is InChI=1S/C22H24N4O4S/c1-2-25-12-14-26(15-13-25)31(28,29)19-10-8-18(9-11-19)23-22(27)20-16-21(30-24-20)17-6-4-3-5-7-17/h3-11,16H,2,12-15H2,1H3,(H,23,27). The molecule has 9 heteroatoms. The first-order chi connectivity index (χ1) is 15.0. The molecule has 0 radical (unpaired) electrons. The summed E-state index contributed by atoms with van der Waals surface area (Å²) in [6.07, 6.45) is 0. The molecule has 1 saturated heterocycles. The lowest BCUT2D eigenvalue weighted by atomic mass is 10.1. The van der Waals surface area contributed by atoms with Crippen molar-refractivity contribution in [1.29, 1.82) is 0 Å². The second kappa shape index (κ2) is 9.01. The molecule has 0 atom stereocenters. The molecule has 2 aromatic carbocycles. The van der Waals surface area contributed by atoms with E-state index in [0.29, 0.717) is 24.5 Å². The van der Waals surface area contributed by atoms with Crippen molar-refractivity contribution in [3.63, 3.8) is 0 Å². The molecule has 0 unspecified atom stereocenters. The van der Waals surface area contributed by atoms with Crippen LogP contribution in [0.25, 0.3) is 11.3 Å². The monoisotopic (exact) mass is 440 g/mol. The zero-order valence-corrected chi connectivity index (χ0v) is 18.0. The van der Waals surface area contributed by atoms with Crippen molar-refractivity contribution in [3.05, 3.63) is 66.4 Å². The van der Waals surface area contributed by atoms with Gasteiger partial charge in [0.25, 0.3) is 5.91 Å². The van der Waals surface area contributed by atoms with Crippen molar-refractivity contribution in [1.82, 2.24) is 14.4 Å². The SMILES string of the molecule is CCN1CCN(S(=O)(=O)c2ccc(NC(=O)c3cc(-c4ccccc4)on3)cc2)CC1. The molecule has 4 rings (SSSR count). The number of hydrogen-bond donors (Lipinski definition) is 1. The molecule has 1 aliphatic heterocycles. The van der Waals surface area contributed by atoms with Crippen molar-refractivity contribution >= 4 is 21.6 Å². The minimum absolute atomic E-state index is 0.143. The highest BCUT2D eigenvalue weighted by molar-refractivity contribution is 7.89. The fraction of sp³-hybridized carbons (Fsp3) is 0.273. The Morgan fingerprint density at radius 3 is 2.35 bits per heavy atom. The number of carbonyl (C=O) groups is 1. The van der Waals surface area contributed by atoms with Crippen LogP contribution < -0.4 is 5.32 Å². The van der Waals surface area contributed by atoms with Crippen LogP contribution >= 0.6 is 0 Å². The number of benzene rings is 2. The lowest BCUT2D eigenvalue weighted by molar-refractivity contribution is 0.101. The van der Waals surface area contributed by atoms with Crippen molar-refractivity contribution in [2.75, 3.05) is 38.0 Å². The van der Waals surface area contributed by atoms with Gasteiger partial charge in [0.05, 0.1) is 4.90 Å². The first-order valence-electron chi connectivity index (χ1n) is 10.1. The molecule has 1 aliphatic rings. The number of anilines is 1. The highest BCUT2D eigenvalue weighted by Crippen LogP contribution is 2.22. The molecule has 31 heavy (non-hydrogen) atoms. The van der Waals surface area contributed by atoms with Gasteiger partial charge in [-0.1, -0.05) is 42.4 Å². The number of nitrogens with one attached hydrogen (secondary N) is 1. The Bertz CT molecular complexity index is 1140. The van der Waals surface area contributed by atoms with E-state index in [1.54, 1.807) is 18.2 Å². The number of hydrogen-bond acceptors (Lipinski definition) is 6. The summed E-state index contributed by atoms with van der Waals surface area (Å²) in [6, 6.07) is 17.1. The molecular weight excluding hydrogens is 416 g/mol. The van der Waals surface area contributed by atoms with Crippen LogP contribution in [0, 0.1) is 0 Å². The van der Waals surface area contributed by atoms with Gasteiger partial charge >= 0.3 is 0 Å². The highest BCUT2D eigenvalue weighted by Gasteiger charge is 2.28. The average Bonchev–Trinajstić information content (AvgIpc) is 3.31. The summed E-state index contributed by atoms with van der Waals surface area (Å²) in [5, 5.41) is 6.54. The number of aromatic nitrogens is 1. The van der Waals surface area contributed by atoms with Crippen molar-refractivity contribution < 1.29 is 17.7 Å². The number of amides is 1. The molecule has 8 nitrogen and oxygen atoms in total. The Morgan fingerprint density at radius 2 is 1.71 bits per heavy atom. The van der Waals surface area contributed by atoms with Crippen LogP contribution in [0.1, 0.15) is 17.4 Å². The average molecular weight is 441 g/mol. The maximum absolute atomic E-state index is 12.9. The van der Waals surface area contributed by atoms with E-state index in [9.17, 15) is 13.2 Å². The van der Waals surface area contributed by atoms with E-state index in [2.05, 4.69) is 22.3 Å². The van der Waals surface area contributed by atoms with Crippen LogP contribution in [0.5, 0.6) is 0 Å². The Morgan fingerprint density at radius 1 is 1.03 bits per heavy atom. The predicted molar refractivity (Wildman–Crippen MR) is 117 cm³/mol. The highest BCUT2D eigenvalue weighted by atomic mass is 32.2. The Balaban J connectivity index is 1.42. The zero-order chi connectivity index (χ0) is 21.8. The van der Waals surface area contributed by atoms with Crippen molar-refractivity contribution in [2.24, 2.45) is 0 Å². The second-order valence-electron chi connectivity index (χ2n) is 7.26. The van der Waals surface area contributed by atoms with E-state index in [0.717, 1.165) is 25.2 Å². The lowest BCUT2D eigenvalue weighted by Crippen LogP contribution is -2.48. The second-order valence-corrected chi connectivity index (χ2v) is 9.20. The molecule has 0 spiro atoms. The molecule has 3 aromatic rings. The maximum atomic E-state index is 12.9. The van der Waals surface area contributed by atoms with Crippen molar-refractivity contribution in [3.8, 4) is 11.3 Å². The van der Waals surface area contributed by atoms with Gasteiger partial charge < -0.3 is 14.7 Å². The first kappa shape index (κ1) is 21.2. The zero-order valence-electron chi connectivity index (χ0n) is 17.2. The molecule has 1 fully saturated rings. The summed E-state index contributed by atoms with van der Waals surface area (Å²) in [5.41, 5.74) is 1.44. The normalized spacial score (nSPS) is 15.6. The van der Waals surface area contributed by atoms with Gasteiger partial charge in [-0.2, -0.15) is 4.31 Å². The number of sulfonamides is 1. The van der Waals surface area contributed by atoms with Gasteiger partial charge in [-0.25, -0.2) is 8.42 Å². The van der Waals surface area contributed by atoms with Gasteiger partial charge in [0.1, 0.15) is 0 Å². The van der Waals surface area contributed by atoms with Crippen LogP contribution in [-0.4, -0.2) is 61.4 Å². The van der Waals surface area contributed by atoms with E-state index in [4.69, 9.17) is 4.52 Å². The maximum Gasteiger partial charge on any atom is 0.277 e. The van der Waals surface area contributed by atoms with Crippen LogP contribution in [0.15, 0.2) is 70.1 Å². The molecular formula is C22H24N4O4S. The quantitative estimate of drug-likeness (QED) is 0.633. The van der Waals surface area contributed by atoms with E-state index in [-0.39, 0.29) is 10.6 Å². The number of carbonyl (C=O) groups excluding carboxylic acids is 1. The van der Waals surface area contributed by atoms with Gasteiger partial charge in [-0.05, 0) is 30.8 Å². The number of likely N-dealkylation sites (N-methyl/N-ethyl adjacent to an activating group) is 1. The fourth-order valence-corrected chi connectivity index (χ4v) is 4.88. The van der Waals surface area contributed by atoms with Gasteiger partial charge in [0.15, 0.2) is 11.5 Å². The van der Waals surface area contributed by atoms with E-state index in [1.165, 1.54) is 16.4 Å². The van der Waals surface area contributed by atoms with E-state index in [1.807, 2.05) is 30.3 Å². The van der Waals surface area contributed by atoms with Gasteiger partial charge in [0, 0.05) is 43.5 Å². The van der Waals surface area contributed by atoms with E-state index >= 15 is 0 Å². The summed E-state index contributed by atoms with van der Waals surface area (Å²) < 4.78 is 32.5. The third-order valence-electron chi connectivity index (χ3n) is 5.33. The smallest absolute Gasteiger partial charge is 0.277 e. The summed E-state index contributed by atoms with van der Waals surface area (Å²) in [7, 11) is -3.55. The topological polar surface area (TPSA) is 95.8 Å². The Labute approximate surface area is 181 Å². The largest absolute Gasteiger partial charge is 0.355 e. The third kappa shape index (κ3) is 4.68. The predicted octanol–water partition coefficient (Wildman–Crippen LogP) is 2.92. The first-order valence-corrected chi connectivity index (χ1v) is 11.6. The third-order valence-corrected chi connectivity index (χ3v) is 7.24. The van der Waals surface area contributed by atoms with Crippen LogP contribution in [0.4, 0.5) is 5.69 Å². The molecule has 0 bridgehead atoms. The Kier molecular flexibility index (Phi) is 6.17. The summed E-state index contributed by atoms with van der Waals surface area (Å²) in [6.45, 7) is 5.40. The molecule has 1 aromatic heterocycles. The molecule has 0 saturated carbocycles.